The first-order valence-electron chi connectivity index (χ1n) is 4.20. The van der Waals surface area contributed by atoms with Crippen LogP contribution in [-0.2, 0) is 4.79 Å². The third-order valence-corrected chi connectivity index (χ3v) is 1.79. The van der Waals surface area contributed by atoms with Crippen LogP contribution in [0.3, 0.4) is 0 Å². The Morgan fingerprint density at radius 1 is 1.54 bits per heavy atom. The Hall–Kier alpha value is -1.38. The lowest BCUT2D eigenvalue weighted by atomic mass is 10.2. The topological polar surface area (TPSA) is 29.1 Å². The molecule has 0 aliphatic carbocycles. The zero-order valence-corrected chi connectivity index (χ0v) is 7.73. The Bertz CT molecular complexity index is 323. The zero-order chi connectivity index (χ0) is 9.84. The normalized spacial score (nSPS) is 9.77. The van der Waals surface area contributed by atoms with Gasteiger partial charge in [0.2, 0.25) is 5.91 Å². The highest BCUT2D eigenvalue weighted by Crippen LogP contribution is 2.16. The molecule has 0 aliphatic rings. The molecular formula is C10H12FNO. The first kappa shape index (κ1) is 9.71. The predicted octanol–water partition coefficient (Wildman–Crippen LogP) is 2.48. The lowest BCUT2D eigenvalue weighted by molar-refractivity contribution is -0.115. The van der Waals surface area contributed by atoms with E-state index >= 15 is 0 Å². The van der Waals surface area contributed by atoms with Crippen LogP contribution in [0.4, 0.5) is 10.1 Å². The predicted molar refractivity (Wildman–Crippen MR) is 50.1 cm³/mol. The number of carbonyl (C=O) groups excluding carboxylic acids is 1. The van der Waals surface area contributed by atoms with Crippen LogP contribution < -0.4 is 5.32 Å². The number of hydrogen-bond donors (Lipinski definition) is 1. The molecule has 1 aromatic carbocycles. The number of carbonyl (C=O) groups is 1. The summed E-state index contributed by atoms with van der Waals surface area (Å²) >= 11 is 0. The van der Waals surface area contributed by atoms with Gasteiger partial charge in [-0.2, -0.15) is 0 Å². The molecule has 0 unspecified atom stereocenters. The molecule has 0 saturated heterocycles. The van der Waals surface area contributed by atoms with E-state index in [1.165, 1.54) is 0 Å². The fourth-order valence-electron chi connectivity index (χ4n) is 0.983. The molecule has 1 amide bonds. The van der Waals surface area contributed by atoms with Gasteiger partial charge in [-0.05, 0) is 18.6 Å². The Morgan fingerprint density at radius 3 is 2.85 bits per heavy atom. The van der Waals surface area contributed by atoms with Gasteiger partial charge in [0.1, 0.15) is 5.82 Å². The maximum atomic E-state index is 13.3. The third kappa shape index (κ3) is 2.28. The molecule has 0 saturated carbocycles. The van der Waals surface area contributed by atoms with E-state index in [0.717, 1.165) is 0 Å². The van der Waals surface area contributed by atoms with Crippen molar-refractivity contribution in [3.05, 3.63) is 29.6 Å². The summed E-state index contributed by atoms with van der Waals surface area (Å²) in [5, 5.41) is 2.49. The number of halogens is 1. The molecule has 0 fully saturated rings. The van der Waals surface area contributed by atoms with Crippen LogP contribution in [0.15, 0.2) is 18.2 Å². The molecule has 3 heteroatoms. The highest BCUT2D eigenvalue weighted by Gasteiger charge is 2.06. The van der Waals surface area contributed by atoms with Gasteiger partial charge in [-0.25, -0.2) is 4.39 Å². The summed E-state index contributed by atoms with van der Waals surface area (Å²) < 4.78 is 13.3. The van der Waals surface area contributed by atoms with E-state index in [9.17, 15) is 9.18 Å². The third-order valence-electron chi connectivity index (χ3n) is 1.79. The van der Waals surface area contributed by atoms with Crippen LogP contribution >= 0.6 is 0 Å². The van der Waals surface area contributed by atoms with E-state index in [2.05, 4.69) is 5.32 Å². The van der Waals surface area contributed by atoms with E-state index in [1.807, 2.05) is 0 Å². The van der Waals surface area contributed by atoms with E-state index in [4.69, 9.17) is 0 Å². The van der Waals surface area contributed by atoms with Crippen molar-refractivity contribution in [2.24, 2.45) is 0 Å². The van der Waals surface area contributed by atoms with Crippen LogP contribution in [0.25, 0.3) is 0 Å². The van der Waals surface area contributed by atoms with Gasteiger partial charge < -0.3 is 5.32 Å². The van der Waals surface area contributed by atoms with Crippen molar-refractivity contribution in [2.45, 2.75) is 20.3 Å². The monoisotopic (exact) mass is 181 g/mol. The van der Waals surface area contributed by atoms with Crippen LogP contribution in [0, 0.1) is 12.7 Å². The fourth-order valence-corrected chi connectivity index (χ4v) is 0.983. The molecule has 0 spiro atoms. The van der Waals surface area contributed by atoms with Gasteiger partial charge in [-0.3, -0.25) is 4.79 Å². The highest BCUT2D eigenvalue weighted by atomic mass is 19.1. The molecular weight excluding hydrogens is 169 g/mol. The number of amides is 1. The second-order valence-electron chi connectivity index (χ2n) is 2.84. The van der Waals surface area contributed by atoms with Crippen molar-refractivity contribution >= 4 is 11.6 Å². The first-order chi connectivity index (χ1) is 6.15. The largest absolute Gasteiger partial charge is 0.324 e. The summed E-state index contributed by atoms with van der Waals surface area (Å²) in [6, 6.07) is 4.93. The second kappa shape index (κ2) is 4.03. The van der Waals surface area contributed by atoms with Crippen LogP contribution in [0.5, 0.6) is 0 Å². The number of hydrogen-bond acceptors (Lipinski definition) is 1. The minimum Gasteiger partial charge on any atom is -0.324 e. The smallest absolute Gasteiger partial charge is 0.224 e. The Morgan fingerprint density at radius 2 is 2.23 bits per heavy atom. The standard InChI is InChI=1S/C10H12FNO/c1-3-9(13)12-8-6-4-5-7(2)10(8)11/h4-6H,3H2,1-2H3,(H,12,13). The van der Waals surface area contributed by atoms with Gasteiger partial charge in [0.25, 0.3) is 0 Å². The summed E-state index contributed by atoms with van der Waals surface area (Å²) in [4.78, 5) is 11.0. The summed E-state index contributed by atoms with van der Waals surface area (Å²) in [7, 11) is 0. The van der Waals surface area contributed by atoms with Gasteiger partial charge in [0.15, 0.2) is 0 Å². The van der Waals surface area contributed by atoms with E-state index < -0.39 is 0 Å². The summed E-state index contributed by atoms with van der Waals surface area (Å²) in [6.45, 7) is 3.39. The number of nitrogens with one attached hydrogen (secondary N) is 1. The van der Waals surface area contributed by atoms with Gasteiger partial charge in [-0.1, -0.05) is 19.1 Å². The molecule has 70 valence electrons. The van der Waals surface area contributed by atoms with Crippen LogP contribution in [0.1, 0.15) is 18.9 Å². The zero-order valence-electron chi connectivity index (χ0n) is 7.73. The van der Waals surface area contributed by atoms with Crippen molar-refractivity contribution in [3.8, 4) is 0 Å². The van der Waals surface area contributed by atoms with Crippen LogP contribution in [0.2, 0.25) is 0 Å². The molecule has 1 N–H and O–H groups in total. The molecule has 0 aromatic heterocycles. The number of anilines is 1. The minimum atomic E-state index is -0.357. The first-order valence-corrected chi connectivity index (χ1v) is 4.20. The van der Waals surface area contributed by atoms with E-state index in [0.29, 0.717) is 12.0 Å². The molecule has 0 aliphatic heterocycles. The van der Waals surface area contributed by atoms with Crippen molar-refractivity contribution in [1.82, 2.24) is 0 Å². The summed E-state index contributed by atoms with van der Waals surface area (Å²) in [5.74, 6) is -0.534. The lowest BCUT2D eigenvalue weighted by Gasteiger charge is -2.05. The fraction of sp³-hybridized carbons (Fsp3) is 0.300. The second-order valence-corrected chi connectivity index (χ2v) is 2.84. The molecule has 1 aromatic rings. The SMILES string of the molecule is CCC(=O)Nc1cccc(C)c1F. The average Bonchev–Trinajstić information content (AvgIpc) is 2.13. The molecule has 13 heavy (non-hydrogen) atoms. The molecule has 0 heterocycles. The summed E-state index contributed by atoms with van der Waals surface area (Å²) in [5.41, 5.74) is 0.792. The molecule has 0 atom stereocenters. The van der Waals surface area contributed by atoms with E-state index in [1.54, 1.807) is 32.0 Å². The van der Waals surface area contributed by atoms with Crippen molar-refractivity contribution in [1.29, 1.82) is 0 Å². The molecule has 2 nitrogen and oxygen atoms in total. The Kier molecular flexibility index (Phi) is 3.01. The van der Waals surface area contributed by atoms with Crippen LogP contribution in [-0.4, -0.2) is 5.91 Å². The van der Waals surface area contributed by atoms with Gasteiger partial charge >= 0.3 is 0 Å². The van der Waals surface area contributed by atoms with Gasteiger partial charge in [0.05, 0.1) is 5.69 Å². The number of aryl methyl sites for hydroxylation is 1. The van der Waals surface area contributed by atoms with Crippen molar-refractivity contribution in [3.63, 3.8) is 0 Å². The Balaban J connectivity index is 2.89. The average molecular weight is 181 g/mol. The quantitative estimate of drug-likeness (QED) is 0.746. The number of benzene rings is 1. The van der Waals surface area contributed by atoms with Crippen molar-refractivity contribution in [2.75, 3.05) is 5.32 Å². The Labute approximate surface area is 76.8 Å². The molecule has 1 rings (SSSR count). The van der Waals surface area contributed by atoms with Gasteiger partial charge in [-0.15, -0.1) is 0 Å². The molecule has 0 radical (unpaired) electrons. The maximum Gasteiger partial charge on any atom is 0.224 e. The highest BCUT2D eigenvalue weighted by molar-refractivity contribution is 5.90. The maximum absolute atomic E-state index is 13.3. The van der Waals surface area contributed by atoms with Gasteiger partial charge in [0, 0.05) is 6.42 Å². The van der Waals surface area contributed by atoms with E-state index in [-0.39, 0.29) is 17.4 Å². The lowest BCUT2D eigenvalue weighted by Crippen LogP contribution is -2.11. The van der Waals surface area contributed by atoms with Crippen molar-refractivity contribution < 1.29 is 9.18 Å². The minimum absolute atomic E-state index is 0.176. The number of rotatable bonds is 2. The molecule has 0 bridgehead atoms. The summed E-state index contributed by atoms with van der Waals surface area (Å²) in [6.07, 6.45) is 0.355.